The maximum atomic E-state index is 14.7. The molecule has 0 radical (unpaired) electrons. The van der Waals surface area contributed by atoms with Crippen LogP contribution in [0.5, 0.6) is 11.5 Å². The number of aliphatic hydroxyl groups excluding tert-OH is 1. The Hall–Kier alpha value is -6.26. The lowest BCUT2D eigenvalue weighted by Gasteiger charge is -2.35. The van der Waals surface area contributed by atoms with Gasteiger partial charge in [0.25, 0.3) is 11.8 Å². The van der Waals surface area contributed by atoms with Crippen molar-refractivity contribution in [3.63, 3.8) is 0 Å². The lowest BCUT2D eigenvalue weighted by Crippen LogP contribution is -2.59. The number of ether oxygens (including phenoxy) is 5. The minimum Gasteiger partial charge on any atom is -0.491 e. The summed E-state index contributed by atoms with van der Waals surface area (Å²) >= 11 is 14.4. The largest absolute Gasteiger partial charge is 0.491 e. The van der Waals surface area contributed by atoms with Crippen molar-refractivity contribution in [2.24, 2.45) is 5.41 Å². The fourth-order valence-corrected chi connectivity index (χ4v) is 11.3. The number of amides is 4. The molecule has 80 heavy (non-hydrogen) atoms. The number of hydrogen-bond donors (Lipinski definition) is 4. The van der Waals surface area contributed by atoms with Crippen LogP contribution >= 0.6 is 34.5 Å². The van der Waals surface area contributed by atoms with Crippen molar-refractivity contribution in [1.29, 1.82) is 0 Å². The molecule has 3 aromatic carbocycles. The number of fused-ring (bicyclic) bond motifs is 1. The standard InChI is InChI=1S/C58H67Cl2FN8O10S/c1-34-51(80-33-65-34)38-13-14-39(29-64-54(72)46-27-40(70)32-68(46)55(73)52(57(3,4)5)66-56(74)58(61)17-18-58)47(26-38)77-25-24-76-23-22-75-21-19-63-53(71)37-11-9-36(10-12-37)50-42-28-41(79-35(2)49-43(59)30-62-31-44(49)60)15-16-45(42)69(67-50)48-8-6-7-20-78-48/h9-16,26,28,30-31,33,35,40,46,48,52,70H,6-8,17-25,27,29,32H2,1-5H3,(H,63,71)(H,64,72)(H,66,74)/t35-,40-,46+,48?,52-/m1/s1. The second-order valence-corrected chi connectivity index (χ2v) is 23.1. The molecule has 0 bridgehead atoms. The Morgan fingerprint density at radius 1 is 0.938 bits per heavy atom. The average molecular weight is 1160 g/mol. The highest BCUT2D eigenvalue weighted by Gasteiger charge is 2.53. The molecule has 9 rings (SSSR count). The first-order valence-electron chi connectivity index (χ1n) is 26.9. The van der Waals surface area contributed by atoms with E-state index in [2.05, 4.69) is 25.9 Å². The van der Waals surface area contributed by atoms with Gasteiger partial charge in [-0.05, 0) is 93.3 Å². The Labute approximate surface area is 478 Å². The van der Waals surface area contributed by atoms with E-state index in [1.165, 1.54) is 28.6 Å². The molecular formula is C58H67Cl2FN8O10S. The van der Waals surface area contributed by atoms with Crippen LogP contribution in [0.2, 0.25) is 10.0 Å². The highest BCUT2D eigenvalue weighted by molar-refractivity contribution is 7.13. The smallest absolute Gasteiger partial charge is 0.258 e. The Bertz CT molecular complexity index is 3160. The van der Waals surface area contributed by atoms with Crippen molar-refractivity contribution in [3.05, 3.63) is 111 Å². The van der Waals surface area contributed by atoms with Gasteiger partial charge in [-0.15, -0.1) is 11.3 Å². The minimum atomic E-state index is -1.99. The second-order valence-electron chi connectivity index (χ2n) is 21.4. The van der Waals surface area contributed by atoms with E-state index in [4.69, 9.17) is 52.0 Å². The van der Waals surface area contributed by atoms with Gasteiger partial charge in [-0.1, -0.05) is 68.2 Å². The Morgan fingerprint density at radius 3 is 2.35 bits per heavy atom. The van der Waals surface area contributed by atoms with Gasteiger partial charge in [-0.2, -0.15) is 5.10 Å². The molecule has 1 aliphatic carbocycles. The summed E-state index contributed by atoms with van der Waals surface area (Å²) in [4.78, 5) is 64.4. The predicted molar refractivity (Wildman–Crippen MR) is 301 cm³/mol. The van der Waals surface area contributed by atoms with Crippen molar-refractivity contribution in [1.82, 2.24) is 40.6 Å². The Morgan fingerprint density at radius 2 is 1.66 bits per heavy atom. The zero-order chi connectivity index (χ0) is 56.7. The maximum absolute atomic E-state index is 14.7. The number of halogens is 3. The second kappa shape index (κ2) is 25.7. The van der Waals surface area contributed by atoms with Crippen molar-refractivity contribution >= 4 is 69.1 Å². The third kappa shape index (κ3) is 13.9. The predicted octanol–water partition coefficient (Wildman–Crippen LogP) is 9.13. The van der Waals surface area contributed by atoms with Crippen LogP contribution in [0.25, 0.3) is 32.6 Å². The number of carbonyl (C=O) groups excluding carboxylic acids is 4. The van der Waals surface area contributed by atoms with Gasteiger partial charge in [0.05, 0.1) is 64.2 Å². The number of β-amino-alcohol motifs (C(OH)–C–C–N with tert-alkyl or cyclic N) is 1. The Balaban J connectivity index is 0.741. The zero-order valence-corrected chi connectivity index (χ0v) is 47.7. The molecule has 3 aliphatic rings. The third-order valence-corrected chi connectivity index (χ3v) is 16.0. The van der Waals surface area contributed by atoms with Gasteiger partial charge in [0, 0.05) is 72.7 Å². The SMILES string of the molecule is Cc1ncsc1-c1ccc(CNC(=O)[C@@H]2C[C@@H](O)CN2C(=O)[C@@H](NC(=O)C2(F)CC2)C(C)(C)C)c(OCCOCCOCCNC(=O)c2ccc(-c3nn(C4CCCCO4)c4ccc(O[C@H](C)c5c(Cl)cncc5Cl)cc34)cc2)c1. The van der Waals surface area contributed by atoms with Gasteiger partial charge in [-0.3, -0.25) is 24.2 Å². The number of nitrogens with one attached hydrogen (secondary N) is 3. The molecule has 3 fully saturated rings. The number of likely N-dealkylation sites (tertiary alicyclic amines) is 1. The van der Waals surface area contributed by atoms with E-state index in [1.807, 2.05) is 67.1 Å². The molecule has 18 nitrogen and oxygen atoms in total. The van der Waals surface area contributed by atoms with Crippen LogP contribution in [-0.2, 0) is 35.1 Å². The van der Waals surface area contributed by atoms with Crippen LogP contribution < -0.4 is 25.4 Å². The highest BCUT2D eigenvalue weighted by atomic mass is 35.5. The summed E-state index contributed by atoms with van der Waals surface area (Å²) in [6.07, 6.45) is 4.50. The number of nitrogens with zero attached hydrogens (tertiary/aromatic N) is 5. The van der Waals surface area contributed by atoms with Crippen molar-refractivity contribution < 1.29 is 52.4 Å². The number of alkyl halides is 1. The number of rotatable bonds is 23. The van der Waals surface area contributed by atoms with E-state index in [0.717, 1.165) is 57.6 Å². The van der Waals surface area contributed by atoms with Crippen LogP contribution in [0.15, 0.2) is 78.6 Å². The summed E-state index contributed by atoms with van der Waals surface area (Å²) in [5.41, 5.74) is 4.93. The summed E-state index contributed by atoms with van der Waals surface area (Å²) in [7, 11) is 0. The van der Waals surface area contributed by atoms with E-state index >= 15 is 0 Å². The molecule has 5 atom stereocenters. The van der Waals surface area contributed by atoms with Gasteiger partial charge in [0.15, 0.2) is 11.9 Å². The van der Waals surface area contributed by atoms with Crippen LogP contribution in [0.4, 0.5) is 4.39 Å². The van der Waals surface area contributed by atoms with E-state index in [9.17, 15) is 28.7 Å². The van der Waals surface area contributed by atoms with Gasteiger partial charge in [0.2, 0.25) is 11.8 Å². The van der Waals surface area contributed by atoms with Gasteiger partial charge < -0.3 is 49.6 Å². The molecule has 5 heterocycles. The van der Waals surface area contributed by atoms with Crippen molar-refractivity contribution in [2.75, 3.05) is 52.7 Å². The molecule has 6 aromatic rings. The number of hydrogen-bond acceptors (Lipinski definition) is 14. The van der Waals surface area contributed by atoms with Crippen LogP contribution in [0.1, 0.15) is 106 Å². The number of aliphatic hydroxyl groups is 1. The van der Waals surface area contributed by atoms with E-state index in [0.29, 0.717) is 44.8 Å². The van der Waals surface area contributed by atoms with Crippen molar-refractivity contribution in [3.8, 4) is 33.2 Å². The molecule has 4 N–H and O–H groups in total. The minimum absolute atomic E-state index is 0.000588. The van der Waals surface area contributed by atoms with Crippen LogP contribution in [-0.4, -0.2) is 130 Å². The van der Waals surface area contributed by atoms with E-state index < -0.39 is 53.1 Å². The topological polar surface area (TPSA) is 218 Å². The van der Waals surface area contributed by atoms with Crippen LogP contribution in [0.3, 0.4) is 0 Å². The molecule has 426 valence electrons. The average Bonchev–Trinajstić information content (AvgIpc) is 3.68. The number of carbonyl (C=O) groups is 4. The third-order valence-electron chi connectivity index (χ3n) is 14.4. The number of benzene rings is 3. The molecule has 1 unspecified atom stereocenters. The first-order chi connectivity index (χ1) is 38.4. The molecule has 22 heteroatoms. The summed E-state index contributed by atoms with van der Waals surface area (Å²) in [6, 6.07) is 16.6. The van der Waals surface area contributed by atoms with Gasteiger partial charge in [-0.25, -0.2) is 14.1 Å². The van der Waals surface area contributed by atoms with Gasteiger partial charge in [0.1, 0.15) is 42.0 Å². The normalized spacial score (nSPS) is 18.6. The number of thiazole rings is 1. The molecule has 2 aliphatic heterocycles. The number of aromatic nitrogens is 4. The lowest BCUT2D eigenvalue weighted by atomic mass is 9.85. The zero-order valence-electron chi connectivity index (χ0n) is 45.4. The molecule has 0 spiro atoms. The molecule has 2 saturated heterocycles. The molecular weight excluding hydrogens is 1090 g/mol. The molecule has 1 saturated carbocycles. The summed E-state index contributed by atoms with van der Waals surface area (Å²) < 4.78 is 46.9. The number of aryl methyl sites for hydroxylation is 1. The lowest BCUT2D eigenvalue weighted by molar-refractivity contribution is -0.145. The van der Waals surface area contributed by atoms with Crippen molar-refractivity contribution in [2.45, 2.75) is 116 Å². The maximum Gasteiger partial charge on any atom is 0.258 e. The van der Waals surface area contributed by atoms with E-state index in [-0.39, 0.29) is 84.1 Å². The molecule has 3 aromatic heterocycles. The van der Waals surface area contributed by atoms with E-state index in [1.54, 1.807) is 38.4 Å². The first-order valence-corrected chi connectivity index (χ1v) is 28.6. The van der Waals surface area contributed by atoms with Gasteiger partial charge >= 0.3 is 0 Å². The summed E-state index contributed by atoms with van der Waals surface area (Å²) in [5, 5.41) is 25.8. The Kier molecular flexibility index (Phi) is 18.7. The molecule has 4 amide bonds. The summed E-state index contributed by atoms with van der Waals surface area (Å²) in [6.45, 7) is 11.1. The van der Waals surface area contributed by atoms with Crippen LogP contribution in [0, 0.1) is 12.3 Å². The quantitative estimate of drug-likeness (QED) is 0.0441. The fraction of sp³-hybridized carbons (Fsp3) is 0.466. The number of pyridine rings is 1. The monoisotopic (exact) mass is 1160 g/mol. The first kappa shape index (κ1) is 58.4. The summed E-state index contributed by atoms with van der Waals surface area (Å²) in [5.74, 6) is -1.03. The fourth-order valence-electron chi connectivity index (χ4n) is 9.84. The highest BCUT2D eigenvalue weighted by Crippen LogP contribution is 2.41.